The minimum Gasteiger partial charge on any atom is -0.456 e. The van der Waals surface area contributed by atoms with Gasteiger partial charge in [-0.2, -0.15) is 0 Å². The molecule has 22 heteroatoms. The number of aryl methyl sites for hydroxylation is 2. The first kappa shape index (κ1) is 96.4. The number of para-hydroxylation sites is 2. The summed E-state index contributed by atoms with van der Waals surface area (Å²) in [5.41, 5.74) is 13.2. The highest BCUT2D eigenvalue weighted by atomic mass is 79.9. The molecule has 0 saturated heterocycles. The molecule has 0 saturated carbocycles. The standard InChI is InChI=1S/C14H12Br2.2C12H6Br2O.C12H6Br2S.C12H8Br2.C12H7BrO.3C6H4Br2.C6H5Br/c1-9-7-11(15)3-5-13(9)14-6-4-12(16)8-10(14)2;13-7-1-3-11-9(5-7)10-6-8(14)2-4-12(10)15-11;13-7-4-5-11-9(6-7)8-2-1-3-10(14)12(8)15-11;13-7-1-3-11-9(5-7)10-6-8(14)2-4-12(10)15-11;13-11-5-1-9(2-6-11)10-3-7-12(14)8-4-10;13-8-5-6-12-10(7-8)9-3-1-2-4-11(9)14-12;7-5-1-2-6(8)4-3-5;7-5-2-1-3-6(8)4-5;7-5-3-1-2-4-6(5)8;7-6-4-2-1-3-5-6/h3-8H,1-2H3;3*1-6H;1-8H;1-7H;3*1-4H;1-5H. The molecule has 0 aliphatic heterocycles. The highest BCUT2D eigenvalue weighted by Crippen LogP contribution is 2.40. The summed E-state index contributed by atoms with van der Waals surface area (Å²) in [5.74, 6) is 0. The third-order valence-corrected chi connectivity index (χ3v) is 28.6. The number of fused-ring (bicyclic) bond motifs is 12. The third kappa shape index (κ3) is 28.9. The van der Waals surface area contributed by atoms with Crippen molar-refractivity contribution < 1.29 is 13.3 Å². The zero-order valence-electron chi connectivity index (χ0n) is 62.8. The highest BCUT2D eigenvalue weighted by Gasteiger charge is 2.13. The number of benzene rings is 16. The summed E-state index contributed by atoms with van der Waals surface area (Å²) in [6.45, 7) is 4.28. The molecule has 120 heavy (non-hydrogen) atoms. The average molecular weight is 2760 g/mol. The molecule has 0 atom stereocenters. The van der Waals surface area contributed by atoms with Gasteiger partial charge in [0.1, 0.15) is 33.5 Å². The SMILES string of the molecule is Brc1ccc(-c2ccc(Br)cc2)cc1.Brc1ccc(Br)cc1.Brc1ccc2oc3c(Br)cccc3c2c1.Brc1ccc2oc3ccc(Br)cc3c2c1.Brc1ccc2oc3ccccc3c2c1.Brc1ccc2sc3ccc(Br)cc3c2c1.Brc1cccc(Br)c1.Brc1ccccc1.Brc1ccccc1Br.Cc1cc(Br)ccc1-c1ccc(Br)cc1C. The first-order chi connectivity index (χ1) is 57.7. The van der Waals surface area contributed by atoms with Crippen LogP contribution in [0, 0.1) is 13.8 Å². The van der Waals surface area contributed by atoms with Crippen LogP contribution in [-0.4, -0.2) is 0 Å². The van der Waals surface area contributed by atoms with Crippen LogP contribution in [0.1, 0.15) is 11.1 Å². The van der Waals surface area contributed by atoms with Crippen LogP contribution in [0.2, 0.25) is 0 Å². The molecule has 16 aromatic carbocycles. The largest absolute Gasteiger partial charge is 0.456 e. The van der Waals surface area contributed by atoms with Gasteiger partial charge in [0.2, 0.25) is 0 Å². The minimum absolute atomic E-state index is 0.908. The van der Waals surface area contributed by atoms with Crippen molar-refractivity contribution in [2.24, 2.45) is 0 Å². The van der Waals surface area contributed by atoms with E-state index < -0.39 is 0 Å². The maximum Gasteiger partial charge on any atom is 0.149 e. The number of hydrogen-bond donors (Lipinski definition) is 0. The zero-order valence-corrected chi connectivity index (χ0v) is 92.1. The molecule has 0 fully saturated rings. The van der Waals surface area contributed by atoms with E-state index in [0.29, 0.717) is 0 Å². The van der Waals surface area contributed by atoms with Gasteiger partial charge in [-0.25, -0.2) is 0 Å². The molecule has 4 heterocycles. The number of hydrogen-bond acceptors (Lipinski definition) is 4. The summed E-state index contributed by atoms with van der Waals surface area (Å²) in [6.07, 6.45) is 0. The summed E-state index contributed by atoms with van der Waals surface area (Å²) in [6, 6.07) is 114. The van der Waals surface area contributed by atoms with Crippen molar-refractivity contribution >= 4 is 384 Å². The van der Waals surface area contributed by atoms with E-state index in [0.717, 1.165) is 141 Å². The lowest BCUT2D eigenvalue weighted by atomic mass is 9.97. The third-order valence-electron chi connectivity index (χ3n) is 17.4. The highest BCUT2D eigenvalue weighted by molar-refractivity contribution is 9.14. The molecule has 0 bridgehead atoms. The van der Waals surface area contributed by atoms with Gasteiger partial charge in [0.15, 0.2) is 0 Å². The molecule has 0 unspecified atom stereocenters. The predicted molar refractivity (Wildman–Crippen MR) is 578 cm³/mol. The van der Waals surface area contributed by atoms with Gasteiger partial charge in [0.25, 0.3) is 0 Å². The van der Waals surface area contributed by atoms with Gasteiger partial charge >= 0.3 is 0 Å². The molecular formula is C98H62Br18O3S. The van der Waals surface area contributed by atoms with Crippen LogP contribution in [0.15, 0.2) is 433 Å². The molecule has 0 aliphatic rings. The molecule has 3 nitrogen and oxygen atoms in total. The van der Waals surface area contributed by atoms with Gasteiger partial charge in [0.05, 0.1) is 4.47 Å². The smallest absolute Gasteiger partial charge is 0.149 e. The van der Waals surface area contributed by atoms with Gasteiger partial charge in [-0.15, -0.1) is 11.3 Å². The van der Waals surface area contributed by atoms with Crippen LogP contribution in [-0.2, 0) is 0 Å². The van der Waals surface area contributed by atoms with Crippen molar-refractivity contribution in [3.63, 3.8) is 0 Å². The molecule has 0 spiro atoms. The van der Waals surface area contributed by atoms with E-state index in [1.807, 2.05) is 193 Å². The second kappa shape index (κ2) is 48.1. The van der Waals surface area contributed by atoms with Crippen LogP contribution in [0.25, 0.3) is 108 Å². The number of furan rings is 3. The maximum absolute atomic E-state index is 5.77. The van der Waals surface area contributed by atoms with Crippen molar-refractivity contribution in [3.05, 3.63) is 431 Å². The summed E-state index contributed by atoms with van der Waals surface area (Å²) in [7, 11) is 0. The maximum atomic E-state index is 5.77. The Hall–Kier alpha value is -4.22. The van der Waals surface area contributed by atoms with E-state index in [4.69, 9.17) is 13.3 Å². The van der Waals surface area contributed by atoms with Crippen molar-refractivity contribution in [3.8, 4) is 22.3 Å². The topological polar surface area (TPSA) is 39.4 Å². The lowest BCUT2D eigenvalue weighted by Crippen LogP contribution is -1.87. The zero-order chi connectivity index (χ0) is 85.5. The second-order valence-corrected chi connectivity index (χ2v) is 43.3. The Morgan fingerprint density at radius 2 is 0.450 bits per heavy atom. The van der Waals surface area contributed by atoms with Gasteiger partial charge in [0, 0.05) is 129 Å². The fourth-order valence-corrected chi connectivity index (χ4v) is 19.4. The van der Waals surface area contributed by atoms with Gasteiger partial charge in [-0.3, -0.25) is 0 Å². The Labute approximate surface area is 852 Å². The van der Waals surface area contributed by atoms with E-state index in [9.17, 15) is 0 Å². The number of rotatable bonds is 2. The molecule has 0 radical (unpaired) electrons. The Balaban J connectivity index is 0.000000132. The average Bonchev–Trinajstić information content (AvgIpc) is 1.63. The molecule has 0 amide bonds. The van der Waals surface area contributed by atoms with Crippen molar-refractivity contribution in [2.45, 2.75) is 13.8 Å². The lowest BCUT2D eigenvalue weighted by molar-refractivity contribution is 0.666. The fraction of sp³-hybridized carbons (Fsp3) is 0.0204. The normalized spacial score (nSPS) is 10.5. The molecular weight excluding hydrogens is 2700 g/mol. The van der Waals surface area contributed by atoms with Gasteiger partial charge in [-0.05, 0) is 332 Å². The predicted octanol–water partition coefficient (Wildman–Crippen LogP) is 42.6. The van der Waals surface area contributed by atoms with Gasteiger partial charge < -0.3 is 13.3 Å². The Kier molecular flexibility index (Phi) is 38.6. The summed E-state index contributed by atoms with van der Waals surface area (Å²) >= 11 is 63.4. The van der Waals surface area contributed by atoms with Gasteiger partial charge in [-0.1, -0.05) is 342 Å². The monoisotopic (exact) mass is 2740 g/mol. The van der Waals surface area contributed by atoms with E-state index in [1.54, 1.807) is 0 Å². The number of halogens is 18. The Morgan fingerprint density at radius 3 is 0.825 bits per heavy atom. The van der Waals surface area contributed by atoms with Crippen molar-refractivity contribution in [1.29, 1.82) is 0 Å². The summed E-state index contributed by atoms with van der Waals surface area (Å²) in [5, 5.41) is 9.54. The minimum atomic E-state index is 0.908. The van der Waals surface area contributed by atoms with E-state index in [1.165, 1.54) is 58.9 Å². The molecule has 0 N–H and O–H groups in total. The van der Waals surface area contributed by atoms with Crippen molar-refractivity contribution in [1.82, 2.24) is 0 Å². The lowest BCUT2D eigenvalue weighted by Gasteiger charge is -2.10. The van der Waals surface area contributed by atoms with E-state index in [2.05, 4.69) is 458 Å². The Morgan fingerprint density at radius 1 is 0.183 bits per heavy atom. The van der Waals surface area contributed by atoms with E-state index in [-0.39, 0.29) is 0 Å². The molecule has 604 valence electrons. The quantitative estimate of drug-likeness (QED) is 0.173. The Bertz CT molecular complexity index is 6400. The van der Waals surface area contributed by atoms with Crippen LogP contribution < -0.4 is 0 Å². The fourth-order valence-electron chi connectivity index (χ4n) is 11.8. The van der Waals surface area contributed by atoms with E-state index >= 15 is 0 Å². The van der Waals surface area contributed by atoms with Crippen molar-refractivity contribution in [2.75, 3.05) is 0 Å². The first-order valence-electron chi connectivity index (χ1n) is 36.0. The second-order valence-electron chi connectivity index (χ2n) is 25.9. The molecule has 0 aliphatic carbocycles. The van der Waals surface area contributed by atoms with Crippen LogP contribution in [0.4, 0.5) is 0 Å². The molecule has 20 rings (SSSR count). The van der Waals surface area contributed by atoms with Crippen LogP contribution in [0.5, 0.6) is 0 Å². The molecule has 20 aromatic rings. The first-order valence-corrected chi connectivity index (χ1v) is 51.1. The van der Waals surface area contributed by atoms with Crippen LogP contribution >= 0.6 is 298 Å². The van der Waals surface area contributed by atoms with Crippen LogP contribution in [0.3, 0.4) is 0 Å². The summed E-state index contributed by atoms with van der Waals surface area (Å²) < 4.78 is 39.6. The number of thiophene rings is 1. The summed E-state index contributed by atoms with van der Waals surface area (Å²) in [4.78, 5) is 0. The molecule has 4 aromatic heterocycles.